The quantitative estimate of drug-likeness (QED) is 0.303. The first-order valence-corrected chi connectivity index (χ1v) is 11.5. The van der Waals surface area contributed by atoms with Crippen LogP contribution >= 0.6 is 23.4 Å². The summed E-state index contributed by atoms with van der Waals surface area (Å²) in [4.78, 5) is 12.5. The van der Waals surface area contributed by atoms with E-state index in [1.54, 1.807) is 12.1 Å². The Morgan fingerprint density at radius 2 is 1.62 bits per heavy atom. The molecule has 0 fully saturated rings. The molecule has 0 spiro atoms. The van der Waals surface area contributed by atoms with Gasteiger partial charge in [-0.15, -0.1) is 10.2 Å². The SMILES string of the molecule is O=C(CSc1nnc(Cc2ccccc2)n1-c1ccc(Cl)cc1)Nc1ccccc1C(F)(F)F. The molecular formula is C24H18ClF3N4OS. The first-order valence-electron chi connectivity index (χ1n) is 10.1. The van der Waals surface area contributed by atoms with E-state index in [1.165, 1.54) is 18.2 Å². The van der Waals surface area contributed by atoms with Crippen molar-refractivity contribution in [1.82, 2.24) is 14.8 Å². The smallest absolute Gasteiger partial charge is 0.325 e. The summed E-state index contributed by atoms with van der Waals surface area (Å²) in [6.07, 6.45) is -4.07. The number of hydrogen-bond acceptors (Lipinski definition) is 4. The molecule has 0 aliphatic heterocycles. The van der Waals surface area contributed by atoms with Gasteiger partial charge in [0.25, 0.3) is 0 Å². The van der Waals surface area contributed by atoms with Crippen molar-refractivity contribution < 1.29 is 18.0 Å². The second-order valence-corrected chi connectivity index (χ2v) is 8.63. The van der Waals surface area contributed by atoms with Gasteiger partial charge in [0, 0.05) is 17.1 Å². The third kappa shape index (κ3) is 5.78. The highest BCUT2D eigenvalue weighted by Gasteiger charge is 2.33. The normalized spacial score (nSPS) is 11.4. The van der Waals surface area contributed by atoms with Crippen molar-refractivity contribution in [2.75, 3.05) is 11.1 Å². The van der Waals surface area contributed by atoms with Gasteiger partial charge in [0.1, 0.15) is 5.82 Å². The Balaban J connectivity index is 1.55. The predicted octanol–water partition coefficient (Wildman–Crippen LogP) is 6.26. The lowest BCUT2D eigenvalue weighted by Crippen LogP contribution is -2.18. The summed E-state index contributed by atoms with van der Waals surface area (Å²) in [5.74, 6) is -0.0840. The minimum absolute atomic E-state index is 0.150. The zero-order chi connectivity index (χ0) is 24.1. The number of amides is 1. The first-order chi connectivity index (χ1) is 16.3. The van der Waals surface area contributed by atoms with Gasteiger partial charge in [-0.1, -0.05) is 65.8 Å². The average Bonchev–Trinajstić information content (AvgIpc) is 3.21. The van der Waals surface area contributed by atoms with Crippen LogP contribution in [-0.4, -0.2) is 26.4 Å². The number of halogens is 4. The van der Waals surface area contributed by atoms with Crippen molar-refractivity contribution in [3.05, 3.63) is 101 Å². The monoisotopic (exact) mass is 502 g/mol. The lowest BCUT2D eigenvalue weighted by Gasteiger charge is -2.13. The van der Waals surface area contributed by atoms with Crippen LogP contribution in [0.4, 0.5) is 18.9 Å². The maximum absolute atomic E-state index is 13.2. The molecule has 4 aromatic rings. The van der Waals surface area contributed by atoms with Crippen LogP contribution in [0.2, 0.25) is 5.02 Å². The van der Waals surface area contributed by atoms with Gasteiger partial charge in [-0.3, -0.25) is 9.36 Å². The summed E-state index contributed by atoms with van der Waals surface area (Å²) in [6.45, 7) is 0. The summed E-state index contributed by atoms with van der Waals surface area (Å²) in [6, 6.07) is 21.7. The summed E-state index contributed by atoms with van der Waals surface area (Å²) in [7, 11) is 0. The summed E-state index contributed by atoms with van der Waals surface area (Å²) in [5, 5.41) is 11.9. The van der Waals surface area contributed by atoms with E-state index in [2.05, 4.69) is 15.5 Å². The van der Waals surface area contributed by atoms with Gasteiger partial charge in [-0.05, 0) is 42.0 Å². The molecule has 0 aliphatic carbocycles. The average molecular weight is 503 g/mol. The Morgan fingerprint density at radius 1 is 0.941 bits per heavy atom. The fraction of sp³-hybridized carbons (Fsp3) is 0.125. The van der Waals surface area contributed by atoms with Gasteiger partial charge >= 0.3 is 6.18 Å². The Labute approximate surface area is 203 Å². The molecule has 5 nitrogen and oxygen atoms in total. The number of rotatable bonds is 7. The number of thioether (sulfide) groups is 1. The first kappa shape index (κ1) is 23.8. The van der Waals surface area contributed by atoms with Gasteiger partial charge in [0.15, 0.2) is 5.16 Å². The number of hydrogen-bond donors (Lipinski definition) is 1. The molecule has 1 heterocycles. The minimum Gasteiger partial charge on any atom is -0.325 e. The molecule has 3 aromatic carbocycles. The molecule has 0 bridgehead atoms. The van der Waals surface area contributed by atoms with E-state index in [0.717, 1.165) is 29.1 Å². The Kier molecular flexibility index (Phi) is 7.23. The number of aromatic nitrogens is 3. The van der Waals surface area contributed by atoms with Crippen LogP contribution in [-0.2, 0) is 17.4 Å². The summed E-state index contributed by atoms with van der Waals surface area (Å²) < 4.78 is 41.4. The van der Waals surface area contributed by atoms with Crippen LogP contribution < -0.4 is 5.32 Å². The molecule has 0 atom stereocenters. The van der Waals surface area contributed by atoms with Crippen molar-refractivity contribution >= 4 is 35.0 Å². The van der Waals surface area contributed by atoms with E-state index in [0.29, 0.717) is 22.4 Å². The molecule has 10 heteroatoms. The van der Waals surface area contributed by atoms with Crippen LogP contribution in [0.25, 0.3) is 5.69 Å². The van der Waals surface area contributed by atoms with E-state index in [4.69, 9.17) is 11.6 Å². The summed E-state index contributed by atoms with van der Waals surface area (Å²) in [5.41, 5.74) is 0.598. The van der Waals surface area contributed by atoms with Crippen molar-refractivity contribution in [3.63, 3.8) is 0 Å². The molecule has 0 saturated carbocycles. The van der Waals surface area contributed by atoms with Crippen LogP contribution in [0.3, 0.4) is 0 Å². The number of para-hydroxylation sites is 1. The third-order valence-corrected chi connectivity index (χ3v) is 6.01. The molecule has 1 aromatic heterocycles. The highest BCUT2D eigenvalue weighted by molar-refractivity contribution is 7.99. The van der Waals surface area contributed by atoms with Crippen molar-refractivity contribution in [1.29, 1.82) is 0 Å². The van der Waals surface area contributed by atoms with Crippen LogP contribution in [0.1, 0.15) is 17.0 Å². The molecule has 174 valence electrons. The lowest BCUT2D eigenvalue weighted by atomic mass is 10.1. The number of nitrogens with zero attached hydrogens (tertiary/aromatic N) is 3. The van der Waals surface area contributed by atoms with Crippen molar-refractivity contribution in [2.45, 2.75) is 17.8 Å². The fourth-order valence-corrected chi connectivity index (χ4v) is 4.19. The molecule has 0 unspecified atom stereocenters. The van der Waals surface area contributed by atoms with Crippen LogP contribution in [0.15, 0.2) is 84.0 Å². The van der Waals surface area contributed by atoms with Gasteiger partial charge in [0.2, 0.25) is 5.91 Å². The maximum atomic E-state index is 13.2. The molecule has 0 aliphatic rings. The molecule has 0 radical (unpaired) electrons. The molecule has 1 amide bonds. The van der Waals surface area contributed by atoms with Gasteiger partial charge in [-0.2, -0.15) is 13.2 Å². The second-order valence-electron chi connectivity index (χ2n) is 7.25. The van der Waals surface area contributed by atoms with Crippen molar-refractivity contribution in [3.8, 4) is 5.69 Å². The molecule has 4 rings (SSSR count). The minimum atomic E-state index is -4.57. The number of nitrogens with one attached hydrogen (secondary N) is 1. The van der Waals surface area contributed by atoms with E-state index in [1.807, 2.05) is 47.0 Å². The highest BCUT2D eigenvalue weighted by Crippen LogP contribution is 2.34. The topological polar surface area (TPSA) is 59.8 Å². The second kappa shape index (κ2) is 10.3. The maximum Gasteiger partial charge on any atom is 0.418 e. The van der Waals surface area contributed by atoms with Crippen LogP contribution in [0, 0.1) is 0 Å². The Morgan fingerprint density at radius 3 is 2.32 bits per heavy atom. The lowest BCUT2D eigenvalue weighted by molar-refractivity contribution is -0.137. The fourth-order valence-electron chi connectivity index (χ4n) is 3.29. The van der Waals surface area contributed by atoms with E-state index >= 15 is 0 Å². The Bertz CT molecular complexity index is 1280. The number of carbonyl (C=O) groups excluding carboxylic acids is 1. The molecule has 0 saturated heterocycles. The predicted molar refractivity (Wildman–Crippen MR) is 126 cm³/mol. The van der Waals surface area contributed by atoms with E-state index < -0.39 is 17.6 Å². The standard InChI is InChI=1S/C24H18ClF3N4OS/c25-17-10-12-18(13-11-17)32-21(14-16-6-2-1-3-7-16)30-31-23(32)34-15-22(33)29-20-9-5-4-8-19(20)24(26,27)28/h1-13H,14-15H2,(H,29,33). The molecule has 1 N–H and O–H groups in total. The van der Waals surface area contributed by atoms with Crippen molar-refractivity contribution in [2.24, 2.45) is 0 Å². The molecular weight excluding hydrogens is 485 g/mol. The third-order valence-electron chi connectivity index (χ3n) is 4.83. The number of anilines is 1. The van der Waals surface area contributed by atoms with E-state index in [-0.39, 0.29) is 11.4 Å². The largest absolute Gasteiger partial charge is 0.418 e. The number of alkyl halides is 3. The summed E-state index contributed by atoms with van der Waals surface area (Å²) >= 11 is 7.11. The van der Waals surface area contributed by atoms with Gasteiger partial charge in [-0.25, -0.2) is 0 Å². The van der Waals surface area contributed by atoms with E-state index in [9.17, 15) is 18.0 Å². The molecule has 34 heavy (non-hydrogen) atoms. The van der Waals surface area contributed by atoms with Gasteiger partial charge in [0.05, 0.1) is 17.0 Å². The number of carbonyl (C=O) groups is 1. The van der Waals surface area contributed by atoms with Gasteiger partial charge < -0.3 is 5.32 Å². The highest BCUT2D eigenvalue weighted by atomic mass is 35.5. The number of benzene rings is 3. The zero-order valence-corrected chi connectivity index (χ0v) is 19.2. The zero-order valence-electron chi connectivity index (χ0n) is 17.6. The Hall–Kier alpha value is -3.30. The van der Waals surface area contributed by atoms with Crippen LogP contribution in [0.5, 0.6) is 0 Å².